The number of rotatable bonds is 9. The number of hydrogen-bond donors (Lipinski definition) is 3. The Labute approximate surface area is 225 Å². The lowest BCUT2D eigenvalue weighted by atomic mass is 9.99. The number of nitrogens with one attached hydrogen (secondary N) is 3. The molecule has 39 heavy (non-hydrogen) atoms. The van der Waals surface area contributed by atoms with Crippen molar-refractivity contribution in [2.45, 2.75) is 45.2 Å². The highest BCUT2D eigenvalue weighted by molar-refractivity contribution is 7.92. The van der Waals surface area contributed by atoms with Crippen molar-refractivity contribution in [1.29, 1.82) is 0 Å². The van der Waals surface area contributed by atoms with Gasteiger partial charge in [-0.05, 0) is 55.7 Å². The molecule has 0 bridgehead atoms. The largest absolute Gasteiger partial charge is 0.454 e. The van der Waals surface area contributed by atoms with Crippen LogP contribution >= 0.6 is 0 Å². The highest BCUT2D eigenvalue weighted by Crippen LogP contribution is 2.41. The van der Waals surface area contributed by atoms with Crippen LogP contribution in [0.2, 0.25) is 0 Å². The zero-order valence-electron chi connectivity index (χ0n) is 21.7. The molecule has 0 aliphatic heterocycles. The first-order valence-electron chi connectivity index (χ1n) is 12.9. The average molecular weight is 557 g/mol. The van der Waals surface area contributed by atoms with E-state index in [1.165, 1.54) is 10.6 Å². The Morgan fingerprint density at radius 3 is 2.56 bits per heavy atom. The van der Waals surface area contributed by atoms with Crippen molar-refractivity contribution in [3.63, 3.8) is 0 Å². The summed E-state index contributed by atoms with van der Waals surface area (Å²) in [5.74, 6) is -1.71. The van der Waals surface area contributed by atoms with E-state index < -0.39 is 21.7 Å². The second-order valence-electron chi connectivity index (χ2n) is 9.78. The molecule has 0 radical (unpaired) electrons. The van der Waals surface area contributed by atoms with Crippen LogP contribution in [0, 0.1) is 11.6 Å². The number of pyridine rings is 1. The highest BCUT2D eigenvalue weighted by Gasteiger charge is 2.22. The third-order valence-electron chi connectivity index (χ3n) is 7.09. The summed E-state index contributed by atoms with van der Waals surface area (Å²) in [4.78, 5) is 15.7. The fourth-order valence-corrected chi connectivity index (χ4v) is 5.61. The van der Waals surface area contributed by atoms with E-state index in [0.717, 1.165) is 37.8 Å². The molecule has 1 aliphatic rings. The summed E-state index contributed by atoms with van der Waals surface area (Å²) in [7, 11) is -2.04. The molecule has 0 atom stereocenters. The number of fused-ring (bicyclic) bond motifs is 1. The molecule has 2 heterocycles. The van der Waals surface area contributed by atoms with Gasteiger partial charge in [-0.2, -0.15) is 0 Å². The molecule has 206 valence electrons. The first-order chi connectivity index (χ1) is 18.6. The summed E-state index contributed by atoms with van der Waals surface area (Å²) >= 11 is 0. The lowest BCUT2D eigenvalue weighted by Crippen LogP contribution is -2.26. The molecule has 1 fully saturated rings. The van der Waals surface area contributed by atoms with Crippen LogP contribution in [0.1, 0.15) is 38.2 Å². The first-order valence-corrected chi connectivity index (χ1v) is 14.5. The Balaban J connectivity index is 1.71. The van der Waals surface area contributed by atoms with Gasteiger partial charge in [-0.3, -0.25) is 9.52 Å². The average Bonchev–Trinajstić information content (AvgIpc) is 3.60. The second kappa shape index (κ2) is 10.8. The summed E-state index contributed by atoms with van der Waals surface area (Å²) in [6.45, 7) is 1.90. The van der Waals surface area contributed by atoms with E-state index in [9.17, 15) is 22.0 Å². The number of nitrogens with zero attached hydrogens (tertiary/aromatic N) is 1. The molecule has 2 aromatic heterocycles. The van der Waals surface area contributed by atoms with Crippen molar-refractivity contribution in [1.82, 2.24) is 14.9 Å². The smallest absolute Gasteiger partial charge is 0.274 e. The summed E-state index contributed by atoms with van der Waals surface area (Å²) < 4.78 is 63.7. The number of aromatic amines is 1. The molecule has 2 aromatic carbocycles. The summed E-state index contributed by atoms with van der Waals surface area (Å²) in [5, 5.41) is 4.08. The monoisotopic (exact) mass is 556 g/mol. The summed E-state index contributed by atoms with van der Waals surface area (Å²) in [5.41, 5.74) is 2.07. The molecule has 0 saturated heterocycles. The van der Waals surface area contributed by atoms with Gasteiger partial charge in [0.05, 0.1) is 11.4 Å². The Morgan fingerprint density at radius 1 is 1.08 bits per heavy atom. The number of halogens is 2. The minimum atomic E-state index is -3.64. The van der Waals surface area contributed by atoms with E-state index in [2.05, 4.69) is 15.0 Å². The molecule has 0 spiro atoms. The fourth-order valence-electron chi connectivity index (χ4n) is 4.94. The minimum absolute atomic E-state index is 0.126. The van der Waals surface area contributed by atoms with Crippen molar-refractivity contribution in [2.24, 2.45) is 7.05 Å². The molecular weight excluding hydrogens is 526 g/mol. The van der Waals surface area contributed by atoms with Crippen LogP contribution in [-0.4, -0.2) is 29.8 Å². The zero-order valence-corrected chi connectivity index (χ0v) is 22.5. The van der Waals surface area contributed by atoms with Gasteiger partial charge < -0.3 is 19.6 Å². The highest BCUT2D eigenvalue weighted by atomic mass is 32.2. The van der Waals surface area contributed by atoms with Crippen molar-refractivity contribution in [3.05, 3.63) is 76.3 Å². The van der Waals surface area contributed by atoms with Crippen LogP contribution in [0.15, 0.2) is 53.6 Å². The fraction of sp³-hybridized carbons (Fsp3) is 0.321. The van der Waals surface area contributed by atoms with Gasteiger partial charge in [-0.15, -0.1) is 0 Å². The third-order valence-corrected chi connectivity index (χ3v) is 8.38. The summed E-state index contributed by atoms with van der Waals surface area (Å²) in [6, 6.07) is 8.38. The molecule has 3 N–H and O–H groups in total. The van der Waals surface area contributed by atoms with E-state index in [0.29, 0.717) is 45.9 Å². The van der Waals surface area contributed by atoms with Crippen LogP contribution < -0.4 is 20.3 Å². The van der Waals surface area contributed by atoms with Gasteiger partial charge in [0.1, 0.15) is 17.1 Å². The van der Waals surface area contributed by atoms with Crippen molar-refractivity contribution in [3.8, 4) is 22.6 Å². The van der Waals surface area contributed by atoms with Gasteiger partial charge in [0.2, 0.25) is 10.0 Å². The van der Waals surface area contributed by atoms with Crippen molar-refractivity contribution < 1.29 is 21.9 Å². The van der Waals surface area contributed by atoms with Crippen LogP contribution in [0.5, 0.6) is 11.5 Å². The Hall–Kier alpha value is -3.70. The van der Waals surface area contributed by atoms with Gasteiger partial charge in [-0.1, -0.05) is 12.8 Å². The molecule has 4 aromatic rings. The van der Waals surface area contributed by atoms with Gasteiger partial charge in [0.25, 0.3) is 5.56 Å². The van der Waals surface area contributed by atoms with Crippen LogP contribution in [0.4, 0.5) is 14.5 Å². The lowest BCUT2D eigenvalue weighted by molar-refractivity contribution is 0.438. The molecule has 5 rings (SSSR count). The van der Waals surface area contributed by atoms with Crippen LogP contribution in [0.3, 0.4) is 0 Å². The third kappa shape index (κ3) is 5.69. The van der Waals surface area contributed by atoms with Gasteiger partial charge in [-0.25, -0.2) is 17.2 Å². The molecule has 0 unspecified atom stereocenters. The van der Waals surface area contributed by atoms with E-state index in [4.69, 9.17) is 4.74 Å². The van der Waals surface area contributed by atoms with Gasteiger partial charge in [0.15, 0.2) is 11.6 Å². The van der Waals surface area contributed by atoms with Crippen LogP contribution in [-0.2, 0) is 23.6 Å². The van der Waals surface area contributed by atoms with E-state index >= 15 is 0 Å². The number of H-pyrrole nitrogens is 1. The van der Waals surface area contributed by atoms with Gasteiger partial charge in [0, 0.05) is 54.6 Å². The van der Waals surface area contributed by atoms with E-state index in [1.807, 2.05) is 0 Å². The lowest BCUT2D eigenvalue weighted by Gasteiger charge is -2.20. The zero-order chi connectivity index (χ0) is 27.7. The molecule has 1 aliphatic carbocycles. The second-order valence-corrected chi connectivity index (χ2v) is 11.8. The predicted molar refractivity (Wildman–Crippen MR) is 148 cm³/mol. The topological polar surface area (TPSA) is 105 Å². The maximum atomic E-state index is 14.7. The Bertz CT molecular complexity index is 1690. The minimum Gasteiger partial charge on any atom is -0.454 e. The molecular formula is C28H30F2N4O4S. The molecule has 8 nitrogen and oxygen atoms in total. The predicted octanol–water partition coefficient (Wildman–Crippen LogP) is 5.40. The van der Waals surface area contributed by atoms with Crippen molar-refractivity contribution in [2.75, 3.05) is 10.5 Å². The molecule has 1 saturated carbocycles. The maximum Gasteiger partial charge on any atom is 0.274 e. The summed E-state index contributed by atoms with van der Waals surface area (Å²) in [6.07, 6.45) is 7.57. The molecule has 11 heteroatoms. The quantitative estimate of drug-likeness (QED) is 0.256. The van der Waals surface area contributed by atoms with Gasteiger partial charge >= 0.3 is 0 Å². The maximum absolute atomic E-state index is 14.7. The van der Waals surface area contributed by atoms with Crippen molar-refractivity contribution >= 4 is 26.6 Å². The number of aromatic nitrogens is 2. The number of ether oxygens (including phenoxy) is 1. The van der Waals surface area contributed by atoms with E-state index in [1.54, 1.807) is 44.6 Å². The first kappa shape index (κ1) is 26.9. The van der Waals surface area contributed by atoms with E-state index in [-0.39, 0.29) is 22.8 Å². The number of benzene rings is 2. The normalized spacial score (nSPS) is 14.3. The standard InChI is InChI=1S/C28H30F2N4O4S/c1-3-39(36,37)33-24-14-21(22-16-34(2)28(35)27-20(22)10-11-31-27)26(38-25-9-8-18(29)13-23(25)30)12-17(24)15-32-19-6-4-5-7-19/h8-14,16,19,31-33H,3-7,15H2,1-2H3. The number of anilines is 1. The van der Waals surface area contributed by atoms with Crippen LogP contribution in [0.25, 0.3) is 22.0 Å². The number of hydrogen-bond acceptors (Lipinski definition) is 5. The Kier molecular flexibility index (Phi) is 7.46. The SMILES string of the molecule is CCS(=O)(=O)Nc1cc(-c2cn(C)c(=O)c3[nH]ccc23)c(Oc2ccc(F)cc2F)cc1CNC1CCCC1. The number of aryl methyl sites for hydroxylation is 1. The molecule has 0 amide bonds. The Morgan fingerprint density at radius 2 is 1.85 bits per heavy atom. The number of sulfonamides is 1.